The number of aliphatic hydroxyl groups excluding tert-OH is 1. The number of halogens is 5. The van der Waals surface area contributed by atoms with Gasteiger partial charge in [0.15, 0.2) is 29.9 Å². The van der Waals surface area contributed by atoms with Crippen LogP contribution < -0.4 is 5.32 Å². The maximum absolute atomic E-state index is 13.4. The first-order chi connectivity index (χ1) is 12.3. The van der Waals surface area contributed by atoms with Crippen molar-refractivity contribution in [1.29, 1.82) is 0 Å². The number of nitrogens with one attached hydrogen (secondary N) is 1. The van der Waals surface area contributed by atoms with E-state index in [4.69, 9.17) is 5.11 Å². The molecule has 1 amide bonds. The molecule has 138 valence electrons. The second-order valence-electron chi connectivity index (χ2n) is 4.92. The Morgan fingerprint density at radius 3 is 1.88 bits per heavy atom. The second-order valence-corrected chi connectivity index (χ2v) is 4.92. The summed E-state index contributed by atoms with van der Waals surface area (Å²) in [6.07, 6.45) is 0. The fourth-order valence-electron chi connectivity index (χ4n) is 1.85. The normalized spacial score (nSPS) is 10.5. The number of anilines is 1. The highest BCUT2D eigenvalue weighted by atomic mass is 19.2. The van der Waals surface area contributed by atoms with E-state index in [0.717, 1.165) is 0 Å². The van der Waals surface area contributed by atoms with Crippen molar-refractivity contribution < 1.29 is 41.4 Å². The van der Waals surface area contributed by atoms with Crippen molar-refractivity contribution in [2.45, 2.75) is 6.61 Å². The minimum absolute atomic E-state index is 0.0197. The van der Waals surface area contributed by atoms with E-state index in [1.165, 1.54) is 29.6 Å². The quantitative estimate of drug-likeness (QED) is 0.365. The van der Waals surface area contributed by atoms with Gasteiger partial charge in [0.2, 0.25) is 5.82 Å². The van der Waals surface area contributed by atoms with Crippen molar-refractivity contribution >= 4 is 17.6 Å². The van der Waals surface area contributed by atoms with Gasteiger partial charge >= 0.3 is 5.97 Å². The van der Waals surface area contributed by atoms with Crippen LogP contribution in [0.15, 0.2) is 24.3 Å². The van der Waals surface area contributed by atoms with Crippen LogP contribution in [-0.2, 0) is 16.1 Å². The molecule has 2 aromatic carbocycles. The Hall–Kier alpha value is -3.01. The van der Waals surface area contributed by atoms with Crippen molar-refractivity contribution in [1.82, 2.24) is 0 Å². The highest BCUT2D eigenvalue weighted by Gasteiger charge is 2.27. The number of aliphatic hydroxyl groups is 1. The highest BCUT2D eigenvalue weighted by molar-refractivity contribution is 5.95. The van der Waals surface area contributed by atoms with E-state index >= 15 is 0 Å². The molecule has 0 atom stereocenters. The predicted molar refractivity (Wildman–Crippen MR) is 77.5 cm³/mol. The molecule has 0 aromatic heterocycles. The van der Waals surface area contributed by atoms with E-state index in [1.54, 1.807) is 0 Å². The molecule has 0 spiro atoms. The molecular weight excluding hydrogens is 365 g/mol. The summed E-state index contributed by atoms with van der Waals surface area (Å²) >= 11 is 0. The van der Waals surface area contributed by atoms with E-state index in [-0.39, 0.29) is 12.2 Å². The fraction of sp³-hybridized carbons (Fsp3) is 0.125. The van der Waals surface area contributed by atoms with E-state index in [0.29, 0.717) is 5.56 Å². The third-order valence-electron chi connectivity index (χ3n) is 3.18. The van der Waals surface area contributed by atoms with E-state index in [1.807, 2.05) is 0 Å². The van der Waals surface area contributed by atoms with Gasteiger partial charge in [0, 0.05) is 0 Å². The zero-order chi connectivity index (χ0) is 19.4. The smallest absolute Gasteiger partial charge is 0.338 e. The summed E-state index contributed by atoms with van der Waals surface area (Å²) < 4.78 is 70.4. The third kappa shape index (κ3) is 3.97. The minimum atomic E-state index is -2.37. The molecular formula is C16H10F5NO4. The first kappa shape index (κ1) is 19.3. The highest BCUT2D eigenvalue weighted by Crippen LogP contribution is 2.27. The third-order valence-corrected chi connectivity index (χ3v) is 3.18. The lowest BCUT2D eigenvalue weighted by Gasteiger charge is -2.10. The molecule has 0 aliphatic heterocycles. The minimum Gasteiger partial charge on any atom is -0.452 e. The van der Waals surface area contributed by atoms with Gasteiger partial charge in [-0.25, -0.2) is 26.7 Å². The average Bonchev–Trinajstić information content (AvgIpc) is 2.66. The summed E-state index contributed by atoms with van der Waals surface area (Å²) in [6.45, 7) is -1.28. The van der Waals surface area contributed by atoms with Crippen molar-refractivity contribution in [2.75, 3.05) is 11.9 Å². The summed E-state index contributed by atoms with van der Waals surface area (Å²) in [7, 11) is 0. The zero-order valence-corrected chi connectivity index (χ0v) is 12.8. The van der Waals surface area contributed by atoms with Gasteiger partial charge in [0.05, 0.1) is 12.2 Å². The van der Waals surface area contributed by atoms with Gasteiger partial charge in [-0.3, -0.25) is 4.79 Å². The topological polar surface area (TPSA) is 75.6 Å². The standard InChI is InChI=1S/C16H10F5NO4/c17-10-11(18)13(20)15(14(21)12(10)19)22-9(24)6-26-16(25)8-3-1-7(5-23)2-4-8/h1-4,23H,5-6H2,(H,22,24). The molecule has 0 saturated heterocycles. The first-order valence-corrected chi connectivity index (χ1v) is 6.94. The number of carbonyl (C=O) groups is 2. The van der Waals surface area contributed by atoms with Crippen molar-refractivity contribution in [3.8, 4) is 0 Å². The van der Waals surface area contributed by atoms with Crippen molar-refractivity contribution in [3.63, 3.8) is 0 Å². The van der Waals surface area contributed by atoms with Crippen molar-refractivity contribution in [3.05, 3.63) is 64.5 Å². The number of amides is 1. The maximum atomic E-state index is 13.4. The van der Waals surface area contributed by atoms with Gasteiger partial charge in [-0.05, 0) is 17.7 Å². The van der Waals surface area contributed by atoms with Gasteiger partial charge < -0.3 is 15.2 Å². The van der Waals surface area contributed by atoms with Crippen LogP contribution in [-0.4, -0.2) is 23.6 Å². The summed E-state index contributed by atoms with van der Waals surface area (Å²) in [5, 5.41) is 10.3. The monoisotopic (exact) mass is 375 g/mol. The van der Waals surface area contributed by atoms with Gasteiger partial charge in [-0.2, -0.15) is 0 Å². The molecule has 0 saturated carbocycles. The number of rotatable bonds is 5. The molecule has 10 heteroatoms. The fourth-order valence-corrected chi connectivity index (χ4v) is 1.85. The summed E-state index contributed by atoms with van der Waals surface area (Å²) in [6, 6.07) is 5.45. The lowest BCUT2D eigenvalue weighted by molar-refractivity contribution is -0.119. The van der Waals surface area contributed by atoms with Crippen LogP contribution in [0.5, 0.6) is 0 Å². The SMILES string of the molecule is O=C(COC(=O)c1ccc(CO)cc1)Nc1c(F)c(F)c(F)c(F)c1F. The van der Waals surface area contributed by atoms with Gasteiger partial charge in [0.1, 0.15) is 5.69 Å². The lowest BCUT2D eigenvalue weighted by atomic mass is 10.1. The molecule has 0 fully saturated rings. The molecule has 26 heavy (non-hydrogen) atoms. The Bertz CT molecular complexity index is 826. The molecule has 2 rings (SSSR count). The molecule has 0 heterocycles. The molecule has 0 aliphatic rings. The van der Waals surface area contributed by atoms with Gasteiger partial charge in [0.25, 0.3) is 5.91 Å². The molecule has 2 N–H and O–H groups in total. The van der Waals surface area contributed by atoms with Crippen LogP contribution in [0.3, 0.4) is 0 Å². The van der Waals surface area contributed by atoms with E-state index in [9.17, 15) is 31.5 Å². The zero-order valence-electron chi connectivity index (χ0n) is 12.8. The molecule has 5 nitrogen and oxygen atoms in total. The summed E-state index contributed by atoms with van der Waals surface area (Å²) in [5.74, 6) is -13.5. The molecule has 0 bridgehead atoms. The maximum Gasteiger partial charge on any atom is 0.338 e. The molecule has 0 aliphatic carbocycles. The predicted octanol–water partition coefficient (Wildman–Crippen LogP) is 2.67. The van der Waals surface area contributed by atoms with E-state index < -0.39 is 53.3 Å². The molecule has 0 unspecified atom stereocenters. The Kier molecular flexibility index (Phi) is 5.88. The van der Waals surface area contributed by atoms with Gasteiger partial charge in [-0.1, -0.05) is 12.1 Å². The molecule has 0 radical (unpaired) electrons. The van der Waals surface area contributed by atoms with Crippen LogP contribution in [0.2, 0.25) is 0 Å². The number of hydrogen-bond acceptors (Lipinski definition) is 4. The second kappa shape index (κ2) is 7.91. The van der Waals surface area contributed by atoms with Crippen LogP contribution in [0.25, 0.3) is 0 Å². The van der Waals surface area contributed by atoms with Crippen LogP contribution >= 0.6 is 0 Å². The van der Waals surface area contributed by atoms with Crippen LogP contribution in [0.1, 0.15) is 15.9 Å². The summed E-state index contributed by atoms with van der Waals surface area (Å²) in [4.78, 5) is 23.3. The number of benzene rings is 2. The average molecular weight is 375 g/mol. The number of hydrogen-bond donors (Lipinski definition) is 2. The lowest BCUT2D eigenvalue weighted by Crippen LogP contribution is -2.23. The Labute approximate surface area is 143 Å². The Morgan fingerprint density at radius 1 is 0.885 bits per heavy atom. The largest absolute Gasteiger partial charge is 0.452 e. The molecule has 2 aromatic rings. The Balaban J connectivity index is 2.04. The summed E-state index contributed by atoms with van der Waals surface area (Å²) in [5.41, 5.74) is -1.01. The number of carbonyl (C=O) groups excluding carboxylic acids is 2. The number of ether oxygens (including phenoxy) is 1. The Morgan fingerprint density at radius 2 is 1.38 bits per heavy atom. The van der Waals surface area contributed by atoms with Crippen molar-refractivity contribution in [2.24, 2.45) is 0 Å². The number of esters is 1. The first-order valence-electron chi connectivity index (χ1n) is 6.94. The van der Waals surface area contributed by atoms with Crippen LogP contribution in [0, 0.1) is 29.1 Å². The van der Waals surface area contributed by atoms with E-state index in [2.05, 4.69) is 4.74 Å². The van der Waals surface area contributed by atoms with Crippen LogP contribution in [0.4, 0.5) is 27.6 Å². The van der Waals surface area contributed by atoms with Gasteiger partial charge in [-0.15, -0.1) is 0 Å².